The summed E-state index contributed by atoms with van der Waals surface area (Å²) in [5.74, 6) is 0.0620. The van der Waals surface area contributed by atoms with Gasteiger partial charge in [0, 0.05) is 22.9 Å². The second kappa shape index (κ2) is 6.52. The normalized spacial score (nSPS) is 10.3. The van der Waals surface area contributed by atoms with Gasteiger partial charge < -0.3 is 10.6 Å². The molecule has 20 heavy (non-hydrogen) atoms. The number of nitrogens with two attached hydrogens (primary N) is 1. The van der Waals surface area contributed by atoms with E-state index in [2.05, 4.69) is 32.7 Å². The summed E-state index contributed by atoms with van der Waals surface area (Å²) in [6, 6.07) is 11.7. The fraction of sp³-hybridized carbons (Fsp3) is 0.200. The number of pyridine rings is 1. The fourth-order valence-electron chi connectivity index (χ4n) is 2.10. The zero-order valence-electron chi connectivity index (χ0n) is 11.3. The Labute approximate surface area is 127 Å². The van der Waals surface area contributed by atoms with E-state index in [1.54, 1.807) is 6.20 Å². The third kappa shape index (κ3) is 3.17. The molecule has 0 amide bonds. The lowest BCUT2D eigenvalue weighted by molar-refractivity contribution is 0.808. The highest BCUT2D eigenvalue weighted by molar-refractivity contribution is 9.10. The number of hydrogen-bond acceptors (Lipinski definition) is 3. The summed E-state index contributed by atoms with van der Waals surface area (Å²) in [5.41, 5.74) is 8.37. The topological polar surface area (TPSA) is 66.0 Å². The van der Waals surface area contributed by atoms with Crippen LogP contribution in [0.2, 0.25) is 0 Å². The summed E-state index contributed by atoms with van der Waals surface area (Å²) >= 11 is 3.47. The maximum absolute atomic E-state index is 7.77. The van der Waals surface area contributed by atoms with E-state index in [1.165, 1.54) is 0 Å². The number of rotatable bonds is 5. The summed E-state index contributed by atoms with van der Waals surface area (Å²) in [5, 5.41) is 7.77. The maximum Gasteiger partial charge on any atom is 0.126 e. The number of hydrogen-bond donors (Lipinski definition) is 2. The molecule has 0 fully saturated rings. The summed E-state index contributed by atoms with van der Waals surface area (Å²) in [6.07, 6.45) is 1.79. The first-order chi connectivity index (χ1) is 9.63. The molecule has 2 rings (SSSR count). The predicted molar refractivity (Wildman–Crippen MR) is 86.1 cm³/mol. The SMILES string of the molecule is CCN(Cc1ccccn1)c1cccc(Br)c1C(=N)N. The Kier molecular flexibility index (Phi) is 4.74. The number of benzene rings is 1. The van der Waals surface area contributed by atoms with E-state index in [1.807, 2.05) is 36.4 Å². The predicted octanol–water partition coefficient (Wildman–Crippen LogP) is 3.15. The zero-order valence-corrected chi connectivity index (χ0v) is 12.9. The molecule has 0 atom stereocenters. The Morgan fingerprint density at radius 3 is 2.70 bits per heavy atom. The number of amidine groups is 1. The molecule has 1 heterocycles. The standard InChI is InChI=1S/C15H17BrN4/c1-2-20(10-11-6-3-4-9-19-11)13-8-5-7-12(16)14(13)15(17)18/h3-9H,2,10H2,1H3,(H3,17,18). The van der Waals surface area contributed by atoms with Gasteiger partial charge in [-0.05, 0) is 47.1 Å². The van der Waals surface area contributed by atoms with Crippen LogP contribution in [0.25, 0.3) is 0 Å². The fourth-order valence-corrected chi connectivity index (χ4v) is 2.67. The van der Waals surface area contributed by atoms with E-state index >= 15 is 0 Å². The second-order valence-electron chi connectivity index (χ2n) is 4.38. The molecular weight excluding hydrogens is 316 g/mol. The van der Waals surface area contributed by atoms with Crippen molar-refractivity contribution in [1.82, 2.24) is 4.98 Å². The van der Waals surface area contributed by atoms with Crippen molar-refractivity contribution in [3.05, 3.63) is 58.3 Å². The van der Waals surface area contributed by atoms with Gasteiger partial charge in [0.2, 0.25) is 0 Å². The van der Waals surface area contributed by atoms with Crippen LogP contribution in [0.4, 0.5) is 5.69 Å². The Morgan fingerprint density at radius 1 is 1.30 bits per heavy atom. The first kappa shape index (κ1) is 14.5. The van der Waals surface area contributed by atoms with Gasteiger partial charge in [-0.2, -0.15) is 0 Å². The Hall–Kier alpha value is -1.88. The quantitative estimate of drug-likeness (QED) is 0.652. The van der Waals surface area contributed by atoms with Gasteiger partial charge in [0.05, 0.1) is 17.8 Å². The molecule has 0 saturated heterocycles. The molecule has 0 saturated carbocycles. The van der Waals surface area contributed by atoms with Crippen molar-refractivity contribution >= 4 is 27.5 Å². The molecule has 2 aromatic rings. The lowest BCUT2D eigenvalue weighted by Gasteiger charge is -2.25. The van der Waals surface area contributed by atoms with Gasteiger partial charge in [0.25, 0.3) is 0 Å². The minimum Gasteiger partial charge on any atom is -0.384 e. The zero-order chi connectivity index (χ0) is 14.5. The smallest absolute Gasteiger partial charge is 0.126 e. The van der Waals surface area contributed by atoms with Crippen molar-refractivity contribution in [2.24, 2.45) is 5.73 Å². The number of halogens is 1. The summed E-state index contributed by atoms with van der Waals surface area (Å²) in [4.78, 5) is 6.51. The number of aromatic nitrogens is 1. The van der Waals surface area contributed by atoms with Crippen molar-refractivity contribution < 1.29 is 0 Å². The van der Waals surface area contributed by atoms with Crippen molar-refractivity contribution in [2.45, 2.75) is 13.5 Å². The van der Waals surface area contributed by atoms with Crippen molar-refractivity contribution in [3.8, 4) is 0 Å². The van der Waals surface area contributed by atoms with Crippen molar-refractivity contribution in [2.75, 3.05) is 11.4 Å². The maximum atomic E-state index is 7.77. The lowest BCUT2D eigenvalue weighted by atomic mass is 10.1. The van der Waals surface area contributed by atoms with Crippen LogP contribution in [0, 0.1) is 5.41 Å². The average Bonchev–Trinajstić information content (AvgIpc) is 2.45. The first-order valence-corrected chi connectivity index (χ1v) is 7.20. The van der Waals surface area contributed by atoms with Crippen LogP contribution in [0.5, 0.6) is 0 Å². The van der Waals surface area contributed by atoms with Gasteiger partial charge in [-0.15, -0.1) is 0 Å². The molecule has 5 heteroatoms. The molecule has 1 aromatic carbocycles. The number of nitrogens with one attached hydrogen (secondary N) is 1. The summed E-state index contributed by atoms with van der Waals surface area (Å²) in [6.45, 7) is 3.58. The molecule has 0 radical (unpaired) electrons. The van der Waals surface area contributed by atoms with E-state index in [9.17, 15) is 0 Å². The van der Waals surface area contributed by atoms with Gasteiger partial charge in [-0.3, -0.25) is 10.4 Å². The van der Waals surface area contributed by atoms with Crippen molar-refractivity contribution in [1.29, 1.82) is 5.41 Å². The highest BCUT2D eigenvalue weighted by atomic mass is 79.9. The van der Waals surface area contributed by atoms with Gasteiger partial charge in [-0.1, -0.05) is 12.1 Å². The van der Waals surface area contributed by atoms with E-state index < -0.39 is 0 Å². The van der Waals surface area contributed by atoms with Crippen LogP contribution in [0.3, 0.4) is 0 Å². The minimum absolute atomic E-state index is 0.0620. The van der Waals surface area contributed by atoms with Crippen molar-refractivity contribution in [3.63, 3.8) is 0 Å². The summed E-state index contributed by atoms with van der Waals surface area (Å²) < 4.78 is 0.835. The number of nitrogen functional groups attached to an aromatic ring is 1. The minimum atomic E-state index is 0.0620. The molecule has 0 spiro atoms. The van der Waals surface area contributed by atoms with Crippen LogP contribution in [0.1, 0.15) is 18.2 Å². The molecule has 4 nitrogen and oxygen atoms in total. The second-order valence-corrected chi connectivity index (χ2v) is 5.24. The number of anilines is 1. The monoisotopic (exact) mass is 332 g/mol. The van der Waals surface area contributed by atoms with E-state index in [0.717, 1.165) is 28.0 Å². The average molecular weight is 333 g/mol. The van der Waals surface area contributed by atoms with Crippen LogP contribution >= 0.6 is 15.9 Å². The van der Waals surface area contributed by atoms with E-state index in [0.29, 0.717) is 6.54 Å². The Morgan fingerprint density at radius 2 is 2.10 bits per heavy atom. The molecule has 0 aliphatic rings. The van der Waals surface area contributed by atoms with Gasteiger partial charge >= 0.3 is 0 Å². The lowest BCUT2D eigenvalue weighted by Crippen LogP contribution is -2.26. The van der Waals surface area contributed by atoms with E-state index in [4.69, 9.17) is 11.1 Å². The molecule has 1 aromatic heterocycles. The van der Waals surface area contributed by atoms with Gasteiger partial charge in [-0.25, -0.2) is 0 Å². The van der Waals surface area contributed by atoms with Crippen LogP contribution in [0.15, 0.2) is 47.1 Å². The molecule has 3 N–H and O–H groups in total. The van der Waals surface area contributed by atoms with Gasteiger partial charge in [0.15, 0.2) is 0 Å². The highest BCUT2D eigenvalue weighted by Crippen LogP contribution is 2.28. The third-order valence-electron chi connectivity index (χ3n) is 3.06. The van der Waals surface area contributed by atoms with Gasteiger partial charge in [0.1, 0.15) is 5.84 Å². The molecule has 0 bridgehead atoms. The molecule has 0 aliphatic carbocycles. The van der Waals surface area contributed by atoms with Crippen LogP contribution in [-0.4, -0.2) is 17.4 Å². The molecule has 0 aliphatic heterocycles. The largest absolute Gasteiger partial charge is 0.384 e. The molecular formula is C15H17BrN4. The third-order valence-corrected chi connectivity index (χ3v) is 3.72. The van der Waals surface area contributed by atoms with E-state index in [-0.39, 0.29) is 5.84 Å². The number of nitrogens with zero attached hydrogens (tertiary/aromatic N) is 2. The molecule has 104 valence electrons. The first-order valence-electron chi connectivity index (χ1n) is 6.41. The Balaban J connectivity index is 2.37. The molecule has 0 unspecified atom stereocenters. The van der Waals surface area contributed by atoms with Crippen LogP contribution in [-0.2, 0) is 6.54 Å². The highest BCUT2D eigenvalue weighted by Gasteiger charge is 2.15. The Bertz CT molecular complexity index is 598. The summed E-state index contributed by atoms with van der Waals surface area (Å²) in [7, 11) is 0. The van der Waals surface area contributed by atoms with Crippen LogP contribution < -0.4 is 10.6 Å².